The minimum atomic E-state index is -0.654. The van der Waals surface area contributed by atoms with Crippen LogP contribution in [0.4, 0.5) is 4.79 Å². The topological polar surface area (TPSA) is 106 Å². The van der Waals surface area contributed by atoms with Crippen LogP contribution in [0.25, 0.3) is 0 Å². The van der Waals surface area contributed by atoms with Crippen molar-refractivity contribution in [2.45, 2.75) is 0 Å². The van der Waals surface area contributed by atoms with Gasteiger partial charge in [-0.3, -0.25) is 0 Å². The van der Waals surface area contributed by atoms with E-state index >= 15 is 0 Å². The number of amides is 2. The Morgan fingerprint density at radius 3 is 1.61 bits per heavy atom. The molecule has 0 aliphatic heterocycles. The first-order valence-electron chi connectivity index (χ1n) is 6.35. The Morgan fingerprint density at radius 2 is 1.22 bits per heavy atom. The van der Waals surface area contributed by atoms with Gasteiger partial charge in [0, 0.05) is 27.9 Å². The number of nitrogens with one attached hydrogen (secondary N) is 2. The fraction of sp³-hybridized carbons (Fsp3) is 0. The van der Waals surface area contributed by atoms with Gasteiger partial charge in [0.05, 0.1) is 12.4 Å². The predicted octanol–water partition coefficient (Wildman–Crippen LogP) is 1.76. The summed E-state index contributed by atoms with van der Waals surface area (Å²) < 4.78 is 0. The van der Waals surface area contributed by atoms with E-state index in [1.807, 2.05) is 0 Å². The molecule has 2 aromatic carbocycles. The van der Waals surface area contributed by atoms with Gasteiger partial charge in [-0.25, -0.2) is 15.6 Å². The molecule has 0 aliphatic carbocycles. The van der Waals surface area contributed by atoms with Crippen LogP contribution in [0.2, 0.25) is 0 Å². The van der Waals surface area contributed by atoms with Crippen LogP contribution in [0, 0.1) is 0 Å². The molecular weight excluding hydrogens is 343 g/mol. The van der Waals surface area contributed by atoms with Crippen LogP contribution in [0.3, 0.4) is 0 Å². The van der Waals surface area contributed by atoms with Crippen molar-refractivity contribution >= 4 is 18.5 Å². The predicted molar refractivity (Wildman–Crippen MR) is 83.1 cm³/mol. The number of aromatic hydroxyl groups is 2. The van der Waals surface area contributed by atoms with E-state index in [4.69, 9.17) is 0 Å². The van der Waals surface area contributed by atoms with E-state index in [2.05, 4.69) is 21.1 Å². The van der Waals surface area contributed by atoms with E-state index in [0.29, 0.717) is 11.1 Å². The van der Waals surface area contributed by atoms with E-state index in [1.165, 1.54) is 24.6 Å². The number of nitrogens with zero attached hydrogens (tertiary/aromatic N) is 2. The third kappa shape index (κ3) is 5.81. The number of rotatable bonds is 4. The summed E-state index contributed by atoms with van der Waals surface area (Å²) in [6.07, 6.45) is 2.61. The van der Waals surface area contributed by atoms with Crippen LogP contribution < -0.4 is 10.9 Å². The van der Waals surface area contributed by atoms with Gasteiger partial charge in [0.15, 0.2) is 0 Å². The van der Waals surface area contributed by atoms with Crippen LogP contribution in [0.5, 0.6) is 11.5 Å². The molecular formula is C15H14CoN4O3. The molecule has 2 aromatic rings. The molecule has 7 nitrogen and oxygen atoms in total. The molecule has 0 atom stereocenters. The van der Waals surface area contributed by atoms with Crippen molar-refractivity contribution in [3.63, 3.8) is 0 Å². The Kier molecular flexibility index (Phi) is 7.31. The molecule has 8 heteroatoms. The molecule has 2 rings (SSSR count). The molecule has 0 aliphatic rings. The number of hydrogen-bond donors (Lipinski definition) is 4. The number of carbonyl (C=O) groups is 1. The summed E-state index contributed by atoms with van der Waals surface area (Å²) in [4.78, 5) is 11.4. The van der Waals surface area contributed by atoms with E-state index in [0.717, 1.165) is 0 Å². The number of hydrazone groups is 2. The Bertz CT molecular complexity index is 660. The molecule has 121 valence electrons. The first kappa shape index (κ1) is 18.2. The largest absolute Gasteiger partial charge is 0.507 e. The monoisotopic (exact) mass is 357 g/mol. The van der Waals surface area contributed by atoms with E-state index in [-0.39, 0.29) is 28.3 Å². The van der Waals surface area contributed by atoms with Crippen LogP contribution in [0.1, 0.15) is 11.1 Å². The Balaban J connectivity index is 0.00000264. The second-order valence-electron chi connectivity index (χ2n) is 4.19. The van der Waals surface area contributed by atoms with Gasteiger partial charge in [0.25, 0.3) is 0 Å². The maximum absolute atomic E-state index is 11.4. The Labute approximate surface area is 142 Å². The van der Waals surface area contributed by atoms with Gasteiger partial charge >= 0.3 is 6.03 Å². The van der Waals surface area contributed by atoms with Crippen LogP contribution in [-0.4, -0.2) is 28.7 Å². The first-order valence-corrected chi connectivity index (χ1v) is 6.35. The number of carbonyl (C=O) groups excluding carboxylic acids is 1. The molecule has 2 amide bonds. The Morgan fingerprint density at radius 1 is 0.826 bits per heavy atom. The maximum Gasteiger partial charge on any atom is 0.355 e. The van der Waals surface area contributed by atoms with Crippen molar-refractivity contribution in [2.75, 3.05) is 0 Å². The van der Waals surface area contributed by atoms with Gasteiger partial charge in [-0.2, -0.15) is 10.2 Å². The van der Waals surface area contributed by atoms with Crippen LogP contribution >= 0.6 is 0 Å². The minimum Gasteiger partial charge on any atom is -0.507 e. The van der Waals surface area contributed by atoms with Gasteiger partial charge in [-0.05, 0) is 24.3 Å². The van der Waals surface area contributed by atoms with E-state index in [1.54, 1.807) is 36.4 Å². The third-order valence-electron chi connectivity index (χ3n) is 2.61. The first-order chi connectivity index (χ1) is 10.7. The smallest absolute Gasteiger partial charge is 0.355 e. The number of para-hydroxylation sites is 2. The molecule has 23 heavy (non-hydrogen) atoms. The van der Waals surface area contributed by atoms with Crippen LogP contribution in [0.15, 0.2) is 58.7 Å². The molecule has 0 heterocycles. The second kappa shape index (κ2) is 9.23. The fourth-order valence-corrected chi connectivity index (χ4v) is 1.54. The number of benzene rings is 2. The standard InChI is InChI=1S/C15H14N4O3.Co/c20-13-7-3-1-5-11(13)9-16-18-15(22)19-17-10-12-6-2-4-8-14(12)21;/h1-10,20-21H,(H2,18,19,22);/b16-9+,17-10+;. The van der Waals surface area contributed by atoms with E-state index in [9.17, 15) is 15.0 Å². The number of phenols is 2. The summed E-state index contributed by atoms with van der Waals surface area (Å²) >= 11 is 0. The molecule has 0 saturated carbocycles. The summed E-state index contributed by atoms with van der Waals surface area (Å²) in [6.45, 7) is 0. The summed E-state index contributed by atoms with van der Waals surface area (Å²) in [5, 5.41) is 26.4. The molecule has 0 bridgehead atoms. The second-order valence-corrected chi connectivity index (χ2v) is 4.19. The average molecular weight is 357 g/mol. The maximum atomic E-state index is 11.4. The van der Waals surface area contributed by atoms with Crippen LogP contribution in [-0.2, 0) is 16.8 Å². The summed E-state index contributed by atoms with van der Waals surface area (Å²) in [5.41, 5.74) is 5.33. The van der Waals surface area contributed by atoms with Gasteiger partial charge in [0.1, 0.15) is 11.5 Å². The normalized spacial score (nSPS) is 10.4. The zero-order valence-corrected chi connectivity index (χ0v) is 12.8. The molecule has 0 spiro atoms. The summed E-state index contributed by atoms with van der Waals surface area (Å²) in [7, 11) is 0. The molecule has 0 fully saturated rings. The van der Waals surface area contributed by atoms with Gasteiger partial charge in [-0.15, -0.1) is 0 Å². The van der Waals surface area contributed by atoms with Crippen molar-refractivity contribution < 1.29 is 31.8 Å². The molecule has 0 aromatic heterocycles. The summed E-state index contributed by atoms with van der Waals surface area (Å²) in [5.74, 6) is 0.122. The number of hydrogen-bond acceptors (Lipinski definition) is 5. The Hall–Kier alpha value is -2.84. The van der Waals surface area contributed by atoms with Gasteiger partial charge in [0.2, 0.25) is 0 Å². The average Bonchev–Trinajstić information content (AvgIpc) is 2.51. The quantitative estimate of drug-likeness (QED) is 0.495. The zero-order valence-electron chi connectivity index (χ0n) is 11.8. The fourth-order valence-electron chi connectivity index (χ4n) is 1.54. The summed E-state index contributed by atoms with van der Waals surface area (Å²) in [6, 6.07) is 12.5. The van der Waals surface area contributed by atoms with Gasteiger partial charge < -0.3 is 10.2 Å². The molecule has 4 N–H and O–H groups in total. The SMILES string of the molecule is O=C(N/N=C/c1ccccc1O)N/N=C/c1ccccc1O.[Co]. The van der Waals surface area contributed by atoms with Crippen molar-refractivity contribution in [3.05, 3.63) is 59.7 Å². The minimum absolute atomic E-state index is 0. The van der Waals surface area contributed by atoms with Crippen molar-refractivity contribution in [3.8, 4) is 11.5 Å². The number of urea groups is 1. The van der Waals surface area contributed by atoms with Crippen molar-refractivity contribution in [2.24, 2.45) is 10.2 Å². The third-order valence-corrected chi connectivity index (χ3v) is 2.61. The zero-order chi connectivity index (χ0) is 15.8. The molecule has 0 saturated heterocycles. The number of phenolic OH excluding ortho intramolecular Hbond substituents is 2. The van der Waals surface area contributed by atoms with Crippen molar-refractivity contribution in [1.29, 1.82) is 0 Å². The molecule has 0 unspecified atom stereocenters. The van der Waals surface area contributed by atoms with Crippen molar-refractivity contribution in [1.82, 2.24) is 10.9 Å². The van der Waals surface area contributed by atoms with Gasteiger partial charge in [-0.1, -0.05) is 24.3 Å². The van der Waals surface area contributed by atoms with E-state index < -0.39 is 6.03 Å². The molecule has 1 radical (unpaired) electrons.